The number of rotatable bonds is 2. The maximum Gasteiger partial charge on any atom is 0.139 e. The van der Waals surface area contributed by atoms with Gasteiger partial charge in [0.15, 0.2) is 0 Å². The van der Waals surface area contributed by atoms with Gasteiger partial charge in [0.05, 0.1) is 4.47 Å². The summed E-state index contributed by atoms with van der Waals surface area (Å²) in [5.74, 6) is -0.0673. The number of nitrogen functional groups attached to an aromatic ring is 1. The lowest BCUT2D eigenvalue weighted by atomic mass is 9.79. The van der Waals surface area contributed by atoms with Gasteiger partial charge in [0.2, 0.25) is 0 Å². The quantitative estimate of drug-likeness (QED) is 0.629. The van der Waals surface area contributed by atoms with Crippen LogP contribution in [0.1, 0.15) is 24.8 Å². The molecular weight excluding hydrogens is 259 g/mol. The lowest BCUT2D eigenvalue weighted by Crippen LogP contribution is -2.23. The van der Waals surface area contributed by atoms with Gasteiger partial charge in [-0.05, 0) is 40.9 Å². The molecule has 2 nitrogen and oxygen atoms in total. The van der Waals surface area contributed by atoms with Crippen molar-refractivity contribution < 1.29 is 4.39 Å². The van der Waals surface area contributed by atoms with Gasteiger partial charge < -0.3 is 11.1 Å². The fourth-order valence-electron chi connectivity index (χ4n) is 1.71. The Morgan fingerprint density at radius 1 is 1.47 bits per heavy atom. The number of hydrogen-bond acceptors (Lipinski definition) is 2. The van der Waals surface area contributed by atoms with Crippen LogP contribution in [0.25, 0.3) is 0 Å². The van der Waals surface area contributed by atoms with E-state index < -0.39 is 0 Å². The summed E-state index contributed by atoms with van der Waals surface area (Å²) in [5.41, 5.74) is 7.26. The second-order valence-corrected chi connectivity index (χ2v) is 4.75. The molecule has 0 bridgehead atoms. The number of anilines is 1. The zero-order valence-electron chi connectivity index (χ0n) is 8.19. The molecule has 4 heteroatoms. The van der Waals surface area contributed by atoms with E-state index in [2.05, 4.69) is 15.9 Å². The Bertz CT molecular complexity index is 413. The largest absolute Gasteiger partial charge is 0.398 e. The first-order chi connectivity index (χ1) is 7.09. The van der Waals surface area contributed by atoms with E-state index in [1.807, 2.05) is 0 Å². The number of benzene rings is 1. The van der Waals surface area contributed by atoms with E-state index in [1.54, 1.807) is 6.07 Å². The van der Waals surface area contributed by atoms with Crippen molar-refractivity contribution in [1.29, 1.82) is 5.41 Å². The van der Waals surface area contributed by atoms with Gasteiger partial charge in [-0.2, -0.15) is 0 Å². The standard InChI is InChI=1S/C11H12BrFN2/c12-8-4-7(10(14)5-9(8)13)11(15)6-2-1-3-6/h4-6,15H,1-3,14H2. The molecule has 1 aliphatic carbocycles. The zero-order chi connectivity index (χ0) is 11.0. The molecule has 80 valence electrons. The van der Waals surface area contributed by atoms with Gasteiger partial charge in [0.25, 0.3) is 0 Å². The zero-order valence-corrected chi connectivity index (χ0v) is 9.77. The summed E-state index contributed by atoms with van der Waals surface area (Å²) in [7, 11) is 0. The maximum atomic E-state index is 13.1. The second-order valence-electron chi connectivity index (χ2n) is 3.90. The second kappa shape index (κ2) is 3.93. The van der Waals surface area contributed by atoms with E-state index in [9.17, 15) is 4.39 Å². The van der Waals surface area contributed by atoms with Crippen LogP contribution in [0.3, 0.4) is 0 Å². The van der Waals surface area contributed by atoms with Crippen LogP contribution in [0.4, 0.5) is 10.1 Å². The smallest absolute Gasteiger partial charge is 0.139 e. The average molecular weight is 271 g/mol. The highest BCUT2D eigenvalue weighted by Crippen LogP contribution is 2.32. The average Bonchev–Trinajstić information content (AvgIpc) is 2.08. The van der Waals surface area contributed by atoms with E-state index in [0.717, 1.165) is 12.8 Å². The number of hydrogen-bond donors (Lipinski definition) is 2. The highest BCUT2D eigenvalue weighted by atomic mass is 79.9. The minimum Gasteiger partial charge on any atom is -0.398 e. The molecule has 2 rings (SSSR count). The summed E-state index contributed by atoms with van der Waals surface area (Å²) < 4.78 is 13.5. The predicted octanol–water partition coefficient (Wildman–Crippen LogP) is 3.34. The van der Waals surface area contributed by atoms with Crippen molar-refractivity contribution in [2.24, 2.45) is 5.92 Å². The predicted molar refractivity (Wildman–Crippen MR) is 62.7 cm³/mol. The van der Waals surface area contributed by atoms with Gasteiger partial charge in [-0.3, -0.25) is 0 Å². The molecule has 0 saturated heterocycles. The molecule has 1 fully saturated rings. The monoisotopic (exact) mass is 270 g/mol. The molecule has 0 atom stereocenters. The molecule has 1 aliphatic rings. The SMILES string of the molecule is N=C(c1cc(Br)c(F)cc1N)C1CCC1. The Balaban J connectivity index is 2.34. The van der Waals surface area contributed by atoms with E-state index in [-0.39, 0.29) is 5.82 Å². The van der Waals surface area contributed by atoms with Gasteiger partial charge in [0.1, 0.15) is 5.82 Å². The Morgan fingerprint density at radius 3 is 2.67 bits per heavy atom. The Morgan fingerprint density at radius 2 is 2.13 bits per heavy atom. The lowest BCUT2D eigenvalue weighted by molar-refractivity contribution is 0.412. The van der Waals surface area contributed by atoms with Crippen LogP contribution in [-0.2, 0) is 0 Å². The van der Waals surface area contributed by atoms with E-state index >= 15 is 0 Å². The molecule has 0 heterocycles. The van der Waals surface area contributed by atoms with Crippen LogP contribution in [0.5, 0.6) is 0 Å². The molecule has 0 aliphatic heterocycles. The van der Waals surface area contributed by atoms with Gasteiger partial charge in [-0.25, -0.2) is 4.39 Å². The van der Waals surface area contributed by atoms with Crippen LogP contribution >= 0.6 is 15.9 Å². The first kappa shape index (κ1) is 10.6. The minimum absolute atomic E-state index is 0.310. The molecule has 1 saturated carbocycles. The summed E-state index contributed by atoms with van der Waals surface area (Å²) in [5, 5.41) is 7.97. The Kier molecular flexibility index (Phi) is 2.78. The van der Waals surface area contributed by atoms with Crippen molar-refractivity contribution in [1.82, 2.24) is 0 Å². The van der Waals surface area contributed by atoms with Gasteiger partial charge in [-0.15, -0.1) is 0 Å². The van der Waals surface area contributed by atoms with Crippen molar-refractivity contribution in [3.63, 3.8) is 0 Å². The number of halogens is 2. The molecule has 1 aromatic rings. The summed E-state index contributed by atoms with van der Waals surface area (Å²) >= 11 is 3.11. The molecular formula is C11H12BrFN2. The van der Waals surface area contributed by atoms with Crippen molar-refractivity contribution in [3.05, 3.63) is 28.0 Å². The fourth-order valence-corrected chi connectivity index (χ4v) is 2.06. The van der Waals surface area contributed by atoms with Crippen molar-refractivity contribution >= 4 is 27.3 Å². The number of nitrogens with one attached hydrogen (secondary N) is 1. The van der Waals surface area contributed by atoms with Crippen LogP contribution < -0.4 is 5.73 Å². The maximum absolute atomic E-state index is 13.1. The van der Waals surface area contributed by atoms with E-state index in [0.29, 0.717) is 27.4 Å². The summed E-state index contributed by atoms with van der Waals surface area (Å²) in [4.78, 5) is 0. The third kappa shape index (κ3) is 1.91. The first-order valence-corrected chi connectivity index (χ1v) is 5.72. The van der Waals surface area contributed by atoms with Crippen LogP contribution in [0, 0.1) is 17.1 Å². The minimum atomic E-state index is -0.377. The molecule has 0 radical (unpaired) electrons. The van der Waals surface area contributed by atoms with Crippen LogP contribution in [0.15, 0.2) is 16.6 Å². The molecule has 3 N–H and O–H groups in total. The summed E-state index contributed by atoms with van der Waals surface area (Å²) in [6.07, 6.45) is 3.27. The van der Waals surface area contributed by atoms with Crippen LogP contribution in [0.2, 0.25) is 0 Å². The number of nitrogens with two attached hydrogens (primary N) is 1. The molecule has 1 aromatic carbocycles. The molecule has 0 spiro atoms. The van der Waals surface area contributed by atoms with Crippen molar-refractivity contribution in [3.8, 4) is 0 Å². The highest BCUT2D eigenvalue weighted by Gasteiger charge is 2.24. The van der Waals surface area contributed by atoms with E-state index in [4.69, 9.17) is 11.1 Å². The van der Waals surface area contributed by atoms with Crippen molar-refractivity contribution in [2.75, 3.05) is 5.73 Å². The van der Waals surface area contributed by atoms with Crippen LogP contribution in [-0.4, -0.2) is 5.71 Å². The summed E-state index contributed by atoms with van der Waals surface area (Å²) in [6.45, 7) is 0. The van der Waals surface area contributed by atoms with Gasteiger partial charge >= 0.3 is 0 Å². The lowest BCUT2D eigenvalue weighted by Gasteiger charge is -2.26. The normalized spacial score (nSPS) is 16.1. The molecule has 0 amide bonds. The first-order valence-electron chi connectivity index (χ1n) is 4.93. The van der Waals surface area contributed by atoms with E-state index in [1.165, 1.54) is 12.5 Å². The van der Waals surface area contributed by atoms with Crippen molar-refractivity contribution in [2.45, 2.75) is 19.3 Å². The summed E-state index contributed by atoms with van der Waals surface area (Å²) in [6, 6.07) is 2.87. The fraction of sp³-hybridized carbons (Fsp3) is 0.364. The third-order valence-electron chi connectivity index (χ3n) is 2.90. The third-order valence-corrected chi connectivity index (χ3v) is 3.50. The Labute approximate surface area is 96.3 Å². The Hall–Kier alpha value is -0.900. The highest BCUT2D eigenvalue weighted by molar-refractivity contribution is 9.10. The topological polar surface area (TPSA) is 49.9 Å². The molecule has 0 unspecified atom stereocenters. The molecule has 0 aromatic heterocycles. The van der Waals surface area contributed by atoms with Gasteiger partial charge in [-0.1, -0.05) is 6.42 Å². The van der Waals surface area contributed by atoms with Gasteiger partial charge in [0, 0.05) is 22.9 Å². The molecule has 15 heavy (non-hydrogen) atoms.